The Morgan fingerprint density at radius 3 is 2.44 bits per heavy atom. The van der Waals surface area contributed by atoms with E-state index >= 15 is 0 Å². The number of anilines is 1. The summed E-state index contributed by atoms with van der Waals surface area (Å²) in [5.74, 6) is -0.451. The number of rotatable bonds is 3. The van der Waals surface area contributed by atoms with Gasteiger partial charge in [-0.3, -0.25) is 0 Å². The molecule has 4 rings (SSSR count). The molecule has 1 aliphatic rings. The fraction of sp³-hybridized carbons (Fsp3) is 0.250. The van der Waals surface area contributed by atoms with Gasteiger partial charge in [-0.15, -0.1) is 0 Å². The molecule has 9 heteroatoms. The molecule has 0 amide bonds. The van der Waals surface area contributed by atoms with Crippen LogP contribution >= 0.6 is 11.3 Å². The first-order valence-electron chi connectivity index (χ1n) is 7.76. The molecule has 3 heterocycles. The van der Waals surface area contributed by atoms with Gasteiger partial charge in [-0.1, -0.05) is 11.3 Å². The number of aromatic nitrogens is 2. The zero-order valence-corrected chi connectivity index (χ0v) is 14.8. The van der Waals surface area contributed by atoms with Crippen molar-refractivity contribution in [2.45, 2.75) is 4.90 Å². The summed E-state index contributed by atoms with van der Waals surface area (Å²) in [6, 6.07) is 8.69. The van der Waals surface area contributed by atoms with Crippen molar-refractivity contribution in [2.24, 2.45) is 0 Å². The van der Waals surface area contributed by atoms with Gasteiger partial charge in [0.2, 0.25) is 10.0 Å². The van der Waals surface area contributed by atoms with Crippen molar-refractivity contribution in [3.05, 3.63) is 48.4 Å². The Hall–Kier alpha value is -2.10. The lowest BCUT2D eigenvalue weighted by Crippen LogP contribution is -2.48. The van der Waals surface area contributed by atoms with Crippen LogP contribution in [0.3, 0.4) is 0 Å². The fourth-order valence-corrected chi connectivity index (χ4v) is 5.15. The highest BCUT2D eigenvalue weighted by atomic mass is 32.2. The maximum absolute atomic E-state index is 13.0. The molecule has 1 fully saturated rings. The van der Waals surface area contributed by atoms with E-state index in [0.717, 1.165) is 27.6 Å². The molecule has 25 heavy (non-hydrogen) atoms. The van der Waals surface area contributed by atoms with Crippen LogP contribution in [0.4, 0.5) is 9.52 Å². The predicted octanol–water partition coefficient (Wildman–Crippen LogP) is 2.34. The monoisotopic (exact) mass is 378 g/mol. The molecule has 1 aromatic carbocycles. The van der Waals surface area contributed by atoms with Crippen molar-refractivity contribution < 1.29 is 12.8 Å². The second-order valence-corrected chi connectivity index (χ2v) is 8.56. The summed E-state index contributed by atoms with van der Waals surface area (Å²) in [4.78, 5) is 11.9. The molecule has 1 saturated heterocycles. The van der Waals surface area contributed by atoms with Gasteiger partial charge in [-0.2, -0.15) is 4.31 Å². The van der Waals surface area contributed by atoms with E-state index in [1.54, 1.807) is 6.20 Å². The molecular formula is C16H15FN4O2S2. The van der Waals surface area contributed by atoms with E-state index in [1.165, 1.54) is 27.8 Å². The van der Waals surface area contributed by atoms with E-state index < -0.39 is 15.8 Å². The second kappa shape index (κ2) is 6.32. The molecule has 0 N–H and O–H groups in total. The fourth-order valence-electron chi connectivity index (χ4n) is 2.77. The number of hydrogen-bond donors (Lipinski definition) is 0. The highest BCUT2D eigenvalue weighted by Crippen LogP contribution is 2.28. The molecule has 0 unspecified atom stereocenters. The van der Waals surface area contributed by atoms with Gasteiger partial charge in [0, 0.05) is 32.4 Å². The van der Waals surface area contributed by atoms with E-state index in [2.05, 4.69) is 14.9 Å². The van der Waals surface area contributed by atoms with E-state index in [1.807, 2.05) is 12.1 Å². The average Bonchev–Trinajstić information content (AvgIpc) is 3.06. The first-order chi connectivity index (χ1) is 12.0. The number of pyridine rings is 1. The van der Waals surface area contributed by atoms with Gasteiger partial charge in [0.15, 0.2) is 5.13 Å². The molecule has 0 bridgehead atoms. The van der Waals surface area contributed by atoms with Crippen LogP contribution in [0.15, 0.2) is 47.5 Å². The zero-order chi connectivity index (χ0) is 17.4. The predicted molar refractivity (Wildman–Crippen MR) is 94.8 cm³/mol. The number of nitrogens with zero attached hydrogens (tertiary/aromatic N) is 4. The Morgan fingerprint density at radius 2 is 1.76 bits per heavy atom. The maximum atomic E-state index is 13.0. The largest absolute Gasteiger partial charge is 0.345 e. The van der Waals surface area contributed by atoms with Crippen LogP contribution in [0.5, 0.6) is 0 Å². The van der Waals surface area contributed by atoms with Crippen LogP contribution in [-0.2, 0) is 10.0 Å². The molecule has 6 nitrogen and oxygen atoms in total. The van der Waals surface area contributed by atoms with Crippen molar-refractivity contribution in [3.63, 3.8) is 0 Å². The summed E-state index contributed by atoms with van der Waals surface area (Å²) in [6.07, 6.45) is 1.73. The second-order valence-electron chi connectivity index (χ2n) is 5.67. The molecule has 0 spiro atoms. The standard InChI is InChI=1S/C16H15FN4O2S2/c17-12-3-5-13(6-4-12)25(22,23)21-10-8-20(9-11-21)16-19-14-2-1-7-18-15(14)24-16/h1-7H,8-11H2. The summed E-state index contributed by atoms with van der Waals surface area (Å²) in [6.45, 7) is 1.84. The van der Waals surface area contributed by atoms with Crippen molar-refractivity contribution in [1.82, 2.24) is 14.3 Å². The first-order valence-corrected chi connectivity index (χ1v) is 10.0. The maximum Gasteiger partial charge on any atom is 0.243 e. The zero-order valence-electron chi connectivity index (χ0n) is 13.2. The number of thiazole rings is 1. The van der Waals surface area contributed by atoms with Crippen LogP contribution in [0.2, 0.25) is 0 Å². The van der Waals surface area contributed by atoms with Crippen LogP contribution in [-0.4, -0.2) is 48.9 Å². The minimum absolute atomic E-state index is 0.117. The lowest BCUT2D eigenvalue weighted by atomic mass is 10.4. The van der Waals surface area contributed by atoms with Gasteiger partial charge >= 0.3 is 0 Å². The quantitative estimate of drug-likeness (QED) is 0.700. The number of benzene rings is 1. The molecule has 0 saturated carbocycles. The van der Waals surface area contributed by atoms with Gasteiger partial charge in [-0.25, -0.2) is 22.8 Å². The average molecular weight is 378 g/mol. The summed E-state index contributed by atoms with van der Waals surface area (Å²) >= 11 is 1.50. The third-order valence-electron chi connectivity index (χ3n) is 4.12. The van der Waals surface area contributed by atoms with Crippen LogP contribution in [0, 0.1) is 5.82 Å². The van der Waals surface area contributed by atoms with Crippen molar-refractivity contribution in [3.8, 4) is 0 Å². The molecular weight excluding hydrogens is 363 g/mol. The number of sulfonamides is 1. The Morgan fingerprint density at radius 1 is 1.04 bits per heavy atom. The van der Waals surface area contributed by atoms with Crippen LogP contribution in [0.1, 0.15) is 0 Å². The smallest absolute Gasteiger partial charge is 0.243 e. The highest BCUT2D eigenvalue weighted by Gasteiger charge is 2.29. The SMILES string of the molecule is O=S(=O)(c1ccc(F)cc1)N1CCN(c2nc3cccnc3s2)CC1. The number of fused-ring (bicyclic) bond motifs is 1. The summed E-state index contributed by atoms with van der Waals surface area (Å²) in [5.41, 5.74) is 0.851. The minimum atomic E-state index is -3.60. The molecule has 0 atom stereocenters. The van der Waals surface area contributed by atoms with Gasteiger partial charge in [0.1, 0.15) is 16.2 Å². The molecule has 130 valence electrons. The van der Waals surface area contributed by atoms with E-state index in [4.69, 9.17) is 0 Å². The van der Waals surface area contributed by atoms with Crippen LogP contribution in [0.25, 0.3) is 10.3 Å². The Labute approximate surface area is 148 Å². The molecule has 1 aliphatic heterocycles. The van der Waals surface area contributed by atoms with Gasteiger partial charge in [0.05, 0.1) is 4.90 Å². The summed E-state index contributed by atoms with van der Waals surface area (Å²) in [7, 11) is -3.60. The number of hydrogen-bond acceptors (Lipinski definition) is 6. The molecule has 3 aromatic rings. The summed E-state index contributed by atoms with van der Waals surface area (Å²) in [5, 5.41) is 0.854. The first kappa shape index (κ1) is 16.4. The lowest BCUT2D eigenvalue weighted by molar-refractivity contribution is 0.385. The Bertz CT molecular complexity index is 963. The Kier molecular flexibility index (Phi) is 4.14. The minimum Gasteiger partial charge on any atom is -0.345 e. The van der Waals surface area contributed by atoms with Crippen molar-refractivity contribution in [2.75, 3.05) is 31.1 Å². The van der Waals surface area contributed by atoms with E-state index in [-0.39, 0.29) is 4.90 Å². The van der Waals surface area contributed by atoms with Gasteiger partial charge in [0.25, 0.3) is 0 Å². The van der Waals surface area contributed by atoms with Crippen molar-refractivity contribution in [1.29, 1.82) is 0 Å². The van der Waals surface area contributed by atoms with E-state index in [9.17, 15) is 12.8 Å². The molecule has 0 radical (unpaired) electrons. The summed E-state index contributed by atoms with van der Waals surface area (Å²) < 4.78 is 39.7. The molecule has 0 aliphatic carbocycles. The Balaban J connectivity index is 1.50. The van der Waals surface area contributed by atoms with Gasteiger partial charge < -0.3 is 4.90 Å². The number of piperazine rings is 1. The third kappa shape index (κ3) is 3.10. The normalized spacial score (nSPS) is 16.4. The number of halogens is 1. The van der Waals surface area contributed by atoms with Crippen LogP contribution < -0.4 is 4.90 Å². The highest BCUT2D eigenvalue weighted by molar-refractivity contribution is 7.89. The molecule has 2 aromatic heterocycles. The van der Waals surface area contributed by atoms with Gasteiger partial charge in [-0.05, 0) is 36.4 Å². The van der Waals surface area contributed by atoms with Crippen molar-refractivity contribution >= 4 is 36.8 Å². The lowest BCUT2D eigenvalue weighted by Gasteiger charge is -2.33. The third-order valence-corrected chi connectivity index (χ3v) is 7.07. The van der Waals surface area contributed by atoms with E-state index in [0.29, 0.717) is 26.2 Å². The topological polar surface area (TPSA) is 66.4 Å².